The molecular weight excluding hydrogens is 444 g/mol. The molecule has 140 valence electrons. The van der Waals surface area contributed by atoms with Gasteiger partial charge in [-0.3, -0.25) is 4.79 Å². The third-order valence-corrected chi connectivity index (χ3v) is 5.33. The fourth-order valence-electron chi connectivity index (χ4n) is 1.90. The summed E-state index contributed by atoms with van der Waals surface area (Å²) in [6.45, 7) is -0.362. The predicted molar refractivity (Wildman–Crippen MR) is 87.7 cm³/mol. The standard InChI is InChI=1S/C15H11BrF4N2O3S/c16-10-2-3-11(12(17)7-10)14(23)21-5-6-26(24,25)13-4-1-9(8-22-13)15(18,19)20/h1-4,7-8H,5-6H2,(H,21,23). The second-order valence-electron chi connectivity index (χ2n) is 5.08. The lowest BCUT2D eigenvalue weighted by Gasteiger charge is -2.09. The van der Waals surface area contributed by atoms with Crippen LogP contribution >= 0.6 is 15.9 Å². The molecule has 0 fully saturated rings. The van der Waals surface area contributed by atoms with Gasteiger partial charge in [0, 0.05) is 17.2 Å². The number of alkyl halides is 3. The smallest absolute Gasteiger partial charge is 0.351 e. The number of benzene rings is 1. The van der Waals surface area contributed by atoms with Gasteiger partial charge in [-0.2, -0.15) is 13.2 Å². The van der Waals surface area contributed by atoms with Crippen molar-refractivity contribution in [3.05, 3.63) is 57.9 Å². The van der Waals surface area contributed by atoms with E-state index < -0.39 is 44.1 Å². The Hall–Kier alpha value is -2.01. The third kappa shape index (κ3) is 5.01. The summed E-state index contributed by atoms with van der Waals surface area (Å²) in [5.74, 6) is -2.20. The molecule has 0 aliphatic carbocycles. The van der Waals surface area contributed by atoms with E-state index in [0.717, 1.165) is 12.1 Å². The Balaban J connectivity index is 2.01. The van der Waals surface area contributed by atoms with Gasteiger partial charge in [-0.1, -0.05) is 15.9 Å². The lowest BCUT2D eigenvalue weighted by molar-refractivity contribution is -0.137. The van der Waals surface area contributed by atoms with E-state index in [1.54, 1.807) is 0 Å². The van der Waals surface area contributed by atoms with Gasteiger partial charge in [-0.05, 0) is 30.3 Å². The summed E-state index contributed by atoms with van der Waals surface area (Å²) in [6, 6.07) is 5.10. The van der Waals surface area contributed by atoms with Crippen molar-refractivity contribution in [3.8, 4) is 0 Å². The van der Waals surface area contributed by atoms with E-state index >= 15 is 0 Å². The summed E-state index contributed by atoms with van der Waals surface area (Å²) in [5.41, 5.74) is -1.34. The Bertz CT molecular complexity index is 915. The molecule has 1 aromatic carbocycles. The van der Waals surface area contributed by atoms with Crippen LogP contribution in [0.25, 0.3) is 0 Å². The molecule has 1 aromatic heterocycles. The molecule has 0 aliphatic rings. The number of hydrogen-bond donors (Lipinski definition) is 1. The number of nitrogens with one attached hydrogen (secondary N) is 1. The van der Waals surface area contributed by atoms with Crippen LogP contribution in [0.15, 0.2) is 46.0 Å². The highest BCUT2D eigenvalue weighted by Crippen LogP contribution is 2.28. The number of amides is 1. The fourth-order valence-corrected chi connectivity index (χ4v) is 3.31. The zero-order chi connectivity index (χ0) is 19.5. The first-order chi connectivity index (χ1) is 12.0. The molecule has 0 bridgehead atoms. The van der Waals surface area contributed by atoms with E-state index in [-0.39, 0.29) is 12.1 Å². The highest BCUT2D eigenvalue weighted by Gasteiger charge is 2.31. The van der Waals surface area contributed by atoms with Gasteiger partial charge in [0.05, 0.1) is 16.9 Å². The summed E-state index contributed by atoms with van der Waals surface area (Å²) in [5, 5.41) is 1.69. The molecule has 1 N–H and O–H groups in total. The summed E-state index contributed by atoms with van der Waals surface area (Å²) < 4.78 is 75.5. The third-order valence-electron chi connectivity index (χ3n) is 3.21. The number of rotatable bonds is 5. The van der Waals surface area contributed by atoms with Crippen LogP contribution in [-0.4, -0.2) is 31.6 Å². The SMILES string of the molecule is O=C(NCCS(=O)(=O)c1ccc(C(F)(F)F)cn1)c1ccc(Br)cc1F. The van der Waals surface area contributed by atoms with Crippen LogP contribution < -0.4 is 5.32 Å². The van der Waals surface area contributed by atoms with Crippen LogP contribution in [0.4, 0.5) is 17.6 Å². The molecule has 0 aliphatic heterocycles. The van der Waals surface area contributed by atoms with E-state index in [1.807, 2.05) is 0 Å². The molecule has 2 rings (SSSR count). The molecule has 1 amide bonds. The van der Waals surface area contributed by atoms with Gasteiger partial charge < -0.3 is 5.32 Å². The van der Waals surface area contributed by atoms with Gasteiger partial charge in [-0.25, -0.2) is 17.8 Å². The Morgan fingerprint density at radius 1 is 1.19 bits per heavy atom. The summed E-state index contributed by atoms with van der Waals surface area (Å²) in [4.78, 5) is 15.2. The Morgan fingerprint density at radius 2 is 1.88 bits per heavy atom. The Labute approximate surface area is 154 Å². The average molecular weight is 455 g/mol. The van der Waals surface area contributed by atoms with Crippen LogP contribution in [0.3, 0.4) is 0 Å². The minimum Gasteiger partial charge on any atom is -0.351 e. The number of carbonyl (C=O) groups is 1. The average Bonchev–Trinajstić information content (AvgIpc) is 2.54. The van der Waals surface area contributed by atoms with E-state index in [4.69, 9.17) is 0 Å². The van der Waals surface area contributed by atoms with Crippen molar-refractivity contribution in [3.63, 3.8) is 0 Å². The van der Waals surface area contributed by atoms with Gasteiger partial charge in [0.2, 0.25) is 0 Å². The number of aromatic nitrogens is 1. The fraction of sp³-hybridized carbons (Fsp3) is 0.200. The van der Waals surface area contributed by atoms with Gasteiger partial charge in [0.25, 0.3) is 5.91 Å². The zero-order valence-corrected chi connectivity index (χ0v) is 15.3. The Kier molecular flexibility index (Phi) is 6.02. The zero-order valence-electron chi connectivity index (χ0n) is 12.8. The summed E-state index contributed by atoms with van der Waals surface area (Å²) >= 11 is 3.04. The highest BCUT2D eigenvalue weighted by atomic mass is 79.9. The number of sulfone groups is 1. The number of nitrogens with zero attached hydrogens (tertiary/aromatic N) is 1. The van der Waals surface area contributed by atoms with Gasteiger partial charge in [-0.15, -0.1) is 0 Å². The van der Waals surface area contributed by atoms with Crippen molar-refractivity contribution in [2.45, 2.75) is 11.2 Å². The van der Waals surface area contributed by atoms with E-state index in [9.17, 15) is 30.8 Å². The van der Waals surface area contributed by atoms with Crippen LogP contribution in [0.1, 0.15) is 15.9 Å². The lowest BCUT2D eigenvalue weighted by atomic mass is 10.2. The molecule has 0 atom stereocenters. The first-order valence-corrected chi connectivity index (χ1v) is 9.44. The van der Waals surface area contributed by atoms with Crippen LogP contribution in [0.5, 0.6) is 0 Å². The minimum absolute atomic E-state index is 0.266. The van der Waals surface area contributed by atoms with Crippen molar-refractivity contribution < 1.29 is 30.8 Å². The molecule has 26 heavy (non-hydrogen) atoms. The van der Waals surface area contributed by atoms with E-state index in [1.165, 1.54) is 12.1 Å². The molecular formula is C15H11BrF4N2O3S. The molecule has 0 radical (unpaired) electrons. The molecule has 0 saturated carbocycles. The molecule has 0 unspecified atom stereocenters. The summed E-state index contributed by atoms with van der Waals surface area (Å²) in [7, 11) is -4.01. The number of halogens is 5. The second-order valence-corrected chi connectivity index (χ2v) is 8.05. The Morgan fingerprint density at radius 3 is 2.42 bits per heavy atom. The first-order valence-electron chi connectivity index (χ1n) is 7.00. The van der Waals surface area contributed by atoms with Crippen molar-refractivity contribution >= 4 is 31.7 Å². The molecule has 0 saturated heterocycles. The monoisotopic (exact) mass is 454 g/mol. The molecule has 5 nitrogen and oxygen atoms in total. The predicted octanol–water partition coefficient (Wildman–Crippen LogP) is 3.21. The maximum atomic E-state index is 13.7. The maximum Gasteiger partial charge on any atom is 0.417 e. The van der Waals surface area contributed by atoms with Crippen LogP contribution in [-0.2, 0) is 16.0 Å². The van der Waals surface area contributed by atoms with Crippen molar-refractivity contribution in [1.29, 1.82) is 0 Å². The second kappa shape index (κ2) is 7.70. The van der Waals surface area contributed by atoms with E-state index in [2.05, 4.69) is 26.2 Å². The quantitative estimate of drug-likeness (QED) is 0.703. The largest absolute Gasteiger partial charge is 0.417 e. The lowest BCUT2D eigenvalue weighted by Crippen LogP contribution is -2.30. The molecule has 2 aromatic rings. The highest BCUT2D eigenvalue weighted by molar-refractivity contribution is 9.10. The molecule has 11 heteroatoms. The van der Waals surface area contributed by atoms with Crippen LogP contribution in [0, 0.1) is 5.82 Å². The topological polar surface area (TPSA) is 76.1 Å². The first kappa shape index (κ1) is 20.3. The minimum atomic E-state index is -4.63. The van der Waals surface area contributed by atoms with Crippen molar-refractivity contribution in [1.82, 2.24) is 10.3 Å². The van der Waals surface area contributed by atoms with Crippen molar-refractivity contribution in [2.24, 2.45) is 0 Å². The maximum absolute atomic E-state index is 13.7. The van der Waals surface area contributed by atoms with Crippen LogP contribution in [0.2, 0.25) is 0 Å². The molecule has 0 spiro atoms. The van der Waals surface area contributed by atoms with Gasteiger partial charge in [0.15, 0.2) is 14.9 Å². The number of carbonyl (C=O) groups excluding carboxylic acids is 1. The summed E-state index contributed by atoms with van der Waals surface area (Å²) in [6.07, 6.45) is -4.21. The van der Waals surface area contributed by atoms with Crippen molar-refractivity contribution in [2.75, 3.05) is 12.3 Å². The van der Waals surface area contributed by atoms with Gasteiger partial charge >= 0.3 is 6.18 Å². The number of hydrogen-bond acceptors (Lipinski definition) is 4. The normalized spacial score (nSPS) is 12.0. The number of pyridine rings is 1. The van der Waals surface area contributed by atoms with Gasteiger partial charge in [0.1, 0.15) is 5.82 Å². The molecule has 1 heterocycles. The van der Waals surface area contributed by atoms with E-state index in [0.29, 0.717) is 16.7 Å².